The molecule has 13 atom stereocenters. The van der Waals surface area contributed by atoms with E-state index in [1.807, 2.05) is 25.9 Å². The van der Waals surface area contributed by atoms with Gasteiger partial charge in [-0.2, -0.15) is 0 Å². The Labute approximate surface area is 303 Å². The molecule has 2 heterocycles. The molecule has 14 heteroatoms. The van der Waals surface area contributed by atoms with Crippen LogP contribution in [-0.4, -0.2) is 120 Å². The third-order valence-corrected chi connectivity index (χ3v) is 10.3. The first kappa shape index (κ1) is 44.5. The third-order valence-electron chi connectivity index (χ3n) is 10.3. The van der Waals surface area contributed by atoms with E-state index in [0.29, 0.717) is 6.42 Å². The molecule has 0 aliphatic carbocycles. The Morgan fingerprint density at radius 3 is 2.10 bits per heavy atom. The van der Waals surface area contributed by atoms with Crippen LogP contribution in [0.1, 0.15) is 102 Å². The van der Waals surface area contributed by atoms with Crippen LogP contribution >= 0.6 is 0 Å². The third kappa shape index (κ3) is 10.9. The standard InChI is InChI=1S/C37H64N2O12/c1-16-26-37(12,45)30(38-34(44)51-35(8,9)10)21(4)27(41)19(2)18-36(11,46-15)31(22(5)28(42)23(6)32(43)49-26)50-33-29(48-24(7)40)25(39(13)14)17-20(3)47-33/h19-23,25-26,29-31,33,45H,16-18H2,1-15H3,(H,38,44)/t19-,20-,21+,22+,23-,25+,26-,29-,30-,31-,33+,36-,37-/m1/s1. The van der Waals surface area contributed by atoms with Gasteiger partial charge in [-0.05, 0) is 81.8 Å². The molecule has 2 aliphatic rings. The highest BCUT2D eigenvalue weighted by Gasteiger charge is 2.53. The molecule has 14 nitrogen and oxygen atoms in total. The summed E-state index contributed by atoms with van der Waals surface area (Å²) >= 11 is 0. The number of rotatable bonds is 7. The monoisotopic (exact) mass is 728 g/mol. The van der Waals surface area contributed by atoms with E-state index in [9.17, 15) is 29.1 Å². The van der Waals surface area contributed by atoms with Crippen LogP contribution in [0.3, 0.4) is 0 Å². The van der Waals surface area contributed by atoms with E-state index in [0.717, 1.165) is 0 Å². The smallest absolute Gasteiger partial charge is 0.407 e. The minimum absolute atomic E-state index is 0.0317. The number of nitrogens with one attached hydrogen (secondary N) is 1. The number of cyclic esters (lactones) is 1. The van der Waals surface area contributed by atoms with Crippen LogP contribution in [0.4, 0.5) is 4.79 Å². The molecule has 0 aromatic carbocycles. The highest BCUT2D eigenvalue weighted by molar-refractivity contribution is 6.00. The summed E-state index contributed by atoms with van der Waals surface area (Å²) in [5, 5.41) is 14.7. The van der Waals surface area contributed by atoms with Gasteiger partial charge < -0.3 is 43.7 Å². The summed E-state index contributed by atoms with van der Waals surface area (Å²) in [4.78, 5) is 69.5. The molecule has 0 bridgehead atoms. The van der Waals surface area contributed by atoms with Gasteiger partial charge in [0.05, 0.1) is 29.9 Å². The van der Waals surface area contributed by atoms with Crippen LogP contribution in [0.15, 0.2) is 0 Å². The maximum Gasteiger partial charge on any atom is 0.407 e. The predicted octanol–water partition coefficient (Wildman–Crippen LogP) is 3.83. The number of carbonyl (C=O) groups is 5. The van der Waals surface area contributed by atoms with Gasteiger partial charge in [-0.1, -0.05) is 27.7 Å². The van der Waals surface area contributed by atoms with Crippen LogP contribution in [0.2, 0.25) is 0 Å². The summed E-state index contributed by atoms with van der Waals surface area (Å²) in [5.41, 5.74) is -4.19. The Bertz CT molecular complexity index is 1250. The van der Waals surface area contributed by atoms with Gasteiger partial charge in [-0.25, -0.2) is 4.79 Å². The zero-order valence-corrected chi connectivity index (χ0v) is 33.4. The molecule has 0 radical (unpaired) electrons. The van der Waals surface area contributed by atoms with E-state index in [-0.39, 0.29) is 30.8 Å². The Balaban J connectivity index is 2.74. The Hall–Kier alpha value is -2.65. The molecule has 0 spiro atoms. The lowest BCUT2D eigenvalue weighted by Crippen LogP contribution is -2.63. The summed E-state index contributed by atoms with van der Waals surface area (Å²) in [6.45, 7) is 19.3. The molecular formula is C37H64N2O12. The van der Waals surface area contributed by atoms with Gasteiger partial charge in [0.1, 0.15) is 29.0 Å². The van der Waals surface area contributed by atoms with Crippen LogP contribution < -0.4 is 5.32 Å². The Kier molecular flexibility index (Phi) is 15.2. The van der Waals surface area contributed by atoms with Crippen molar-refractivity contribution in [2.75, 3.05) is 21.2 Å². The summed E-state index contributed by atoms with van der Waals surface area (Å²) in [6.07, 6.45) is -4.84. The predicted molar refractivity (Wildman–Crippen MR) is 188 cm³/mol. The van der Waals surface area contributed by atoms with Gasteiger partial charge in [0, 0.05) is 31.8 Å². The number of alkyl carbamates (subject to hydrolysis) is 1. The van der Waals surface area contributed by atoms with Crippen LogP contribution in [0.25, 0.3) is 0 Å². The largest absolute Gasteiger partial charge is 0.459 e. The highest BCUT2D eigenvalue weighted by Crippen LogP contribution is 2.39. The first-order valence-corrected chi connectivity index (χ1v) is 18.0. The SMILES string of the molecule is CC[C@H]1OC(=O)[C@H](C)C(=O)[C@H](C)[C@@H](O[C@@H]2O[C@H](C)C[C@H](N(C)C)[C@H]2OC(C)=O)[C@](C)(OC)C[C@@H](C)C(=O)[C@H](C)[C@@H](NC(=O)OC(C)(C)C)[C@]1(C)O. The van der Waals surface area contributed by atoms with Crippen molar-refractivity contribution in [2.24, 2.45) is 23.7 Å². The van der Waals surface area contributed by atoms with Gasteiger partial charge in [0.15, 0.2) is 18.2 Å². The molecule has 1 amide bonds. The fourth-order valence-electron chi connectivity index (χ4n) is 7.46. The fourth-order valence-corrected chi connectivity index (χ4v) is 7.46. The van der Waals surface area contributed by atoms with Crippen molar-refractivity contribution in [1.82, 2.24) is 10.2 Å². The number of Topliss-reactive ketones (excluding diaryl/α,β-unsaturated/α-hetero) is 2. The van der Waals surface area contributed by atoms with Crippen molar-refractivity contribution in [2.45, 2.75) is 162 Å². The van der Waals surface area contributed by atoms with E-state index in [1.165, 1.54) is 27.9 Å². The molecule has 2 aliphatic heterocycles. The zero-order chi connectivity index (χ0) is 39.4. The average molecular weight is 729 g/mol. The molecule has 294 valence electrons. The average Bonchev–Trinajstić information content (AvgIpc) is 3.02. The van der Waals surface area contributed by atoms with Crippen molar-refractivity contribution in [3.63, 3.8) is 0 Å². The van der Waals surface area contributed by atoms with Crippen LogP contribution in [0.5, 0.6) is 0 Å². The number of ether oxygens (including phenoxy) is 6. The molecule has 2 rings (SSSR count). The van der Waals surface area contributed by atoms with Crippen molar-refractivity contribution in [3.05, 3.63) is 0 Å². The van der Waals surface area contributed by atoms with E-state index in [2.05, 4.69) is 5.32 Å². The topological polar surface area (TPSA) is 176 Å². The molecule has 2 fully saturated rings. The number of likely N-dealkylation sites (N-methyl/N-ethyl adjacent to an activating group) is 1. The normalized spacial score (nSPS) is 39.2. The van der Waals surface area contributed by atoms with E-state index in [4.69, 9.17) is 28.4 Å². The maximum atomic E-state index is 14.3. The van der Waals surface area contributed by atoms with Gasteiger partial charge >= 0.3 is 18.0 Å². The van der Waals surface area contributed by atoms with Crippen molar-refractivity contribution in [3.8, 4) is 0 Å². The van der Waals surface area contributed by atoms with E-state index >= 15 is 0 Å². The number of amides is 1. The van der Waals surface area contributed by atoms with Crippen molar-refractivity contribution in [1.29, 1.82) is 0 Å². The van der Waals surface area contributed by atoms with Crippen LogP contribution in [0, 0.1) is 23.7 Å². The molecular weight excluding hydrogens is 664 g/mol. The number of ketones is 2. The molecule has 51 heavy (non-hydrogen) atoms. The number of carbonyl (C=O) groups excluding carboxylic acids is 5. The minimum atomic E-state index is -1.96. The first-order chi connectivity index (χ1) is 23.3. The lowest BCUT2D eigenvalue weighted by Gasteiger charge is -2.47. The molecule has 0 unspecified atom stereocenters. The summed E-state index contributed by atoms with van der Waals surface area (Å²) in [6, 6.07) is -1.55. The van der Waals surface area contributed by atoms with Gasteiger partial charge in [-0.3, -0.25) is 19.2 Å². The number of nitrogens with zero attached hydrogens (tertiary/aromatic N) is 1. The quantitative estimate of drug-likeness (QED) is 0.220. The molecule has 2 saturated heterocycles. The van der Waals surface area contributed by atoms with Gasteiger partial charge in [0.25, 0.3) is 0 Å². The first-order valence-electron chi connectivity index (χ1n) is 18.0. The number of methoxy groups -OCH3 is 1. The lowest BCUT2D eigenvalue weighted by molar-refractivity contribution is -0.298. The van der Waals surface area contributed by atoms with Gasteiger partial charge in [0.2, 0.25) is 0 Å². The second-order valence-electron chi connectivity index (χ2n) is 16.1. The Morgan fingerprint density at radius 1 is 1.02 bits per heavy atom. The Morgan fingerprint density at radius 2 is 1.61 bits per heavy atom. The van der Waals surface area contributed by atoms with E-state index in [1.54, 1.807) is 55.4 Å². The molecule has 0 saturated carbocycles. The van der Waals surface area contributed by atoms with Gasteiger partial charge in [-0.15, -0.1) is 0 Å². The number of hydrogen-bond donors (Lipinski definition) is 2. The molecule has 0 aromatic heterocycles. The minimum Gasteiger partial charge on any atom is -0.459 e. The summed E-state index contributed by atoms with van der Waals surface area (Å²) in [5.74, 6) is -6.40. The highest BCUT2D eigenvalue weighted by atomic mass is 16.7. The summed E-state index contributed by atoms with van der Waals surface area (Å²) < 4.78 is 36.1. The molecule has 0 aromatic rings. The van der Waals surface area contributed by atoms with Crippen molar-refractivity contribution >= 4 is 29.6 Å². The maximum absolute atomic E-state index is 14.3. The fraction of sp³-hybridized carbons (Fsp3) is 0.865. The number of hydrogen-bond acceptors (Lipinski definition) is 13. The number of esters is 2. The van der Waals surface area contributed by atoms with E-state index < -0.39 is 94.9 Å². The zero-order valence-electron chi connectivity index (χ0n) is 33.4. The second kappa shape index (κ2) is 17.5. The lowest BCUT2D eigenvalue weighted by atomic mass is 9.73. The van der Waals surface area contributed by atoms with Crippen LogP contribution in [-0.2, 0) is 47.6 Å². The van der Waals surface area contributed by atoms with Crippen molar-refractivity contribution < 1.29 is 57.5 Å². The number of aliphatic hydroxyl groups is 1. The molecule has 2 N–H and O–H groups in total. The second-order valence-corrected chi connectivity index (χ2v) is 16.1. The summed E-state index contributed by atoms with van der Waals surface area (Å²) in [7, 11) is 5.16.